The van der Waals surface area contributed by atoms with Crippen molar-refractivity contribution < 1.29 is 19.1 Å². The molecular weight excluding hydrogens is 380 g/mol. The fraction of sp³-hybridized carbons (Fsp3) is 0.417. The minimum atomic E-state index is -0.0429. The van der Waals surface area contributed by atoms with Crippen LogP contribution in [0.15, 0.2) is 48.5 Å². The molecule has 1 aliphatic carbocycles. The number of ether oxygens (including phenoxy) is 2. The highest BCUT2D eigenvalue weighted by Crippen LogP contribution is 2.30. The summed E-state index contributed by atoms with van der Waals surface area (Å²) in [5.41, 5.74) is 1.63. The summed E-state index contributed by atoms with van der Waals surface area (Å²) in [6, 6.07) is 15.2. The first-order chi connectivity index (χ1) is 14.7. The standard InChI is InChI=1S/C24H28N2O4/c1-29-22-16-20(10-11-21(22)30-17-18-6-3-2-4-7-18)24(28)26-14-12-25(13-15-26)23(27)19-8-5-9-19/h2-4,6-7,10-11,16,19H,5,8-9,12-15,17H2,1H3. The predicted octanol–water partition coefficient (Wildman–Crippen LogP) is 3.36. The van der Waals surface area contributed by atoms with Gasteiger partial charge in [-0.2, -0.15) is 0 Å². The van der Waals surface area contributed by atoms with Crippen molar-refractivity contribution in [2.24, 2.45) is 5.92 Å². The summed E-state index contributed by atoms with van der Waals surface area (Å²) >= 11 is 0. The van der Waals surface area contributed by atoms with Gasteiger partial charge in [0.05, 0.1) is 7.11 Å². The van der Waals surface area contributed by atoms with Gasteiger partial charge in [0, 0.05) is 37.7 Å². The van der Waals surface area contributed by atoms with E-state index >= 15 is 0 Å². The summed E-state index contributed by atoms with van der Waals surface area (Å²) in [5, 5.41) is 0. The molecule has 1 aliphatic heterocycles. The van der Waals surface area contributed by atoms with Gasteiger partial charge in [-0.15, -0.1) is 0 Å². The third-order valence-electron chi connectivity index (χ3n) is 5.98. The molecule has 6 heteroatoms. The van der Waals surface area contributed by atoms with E-state index in [-0.39, 0.29) is 17.7 Å². The SMILES string of the molecule is COc1cc(C(=O)N2CCN(C(=O)C3CCC3)CC2)ccc1OCc1ccccc1. The van der Waals surface area contributed by atoms with Gasteiger partial charge in [0.2, 0.25) is 5.91 Å². The molecule has 0 atom stereocenters. The van der Waals surface area contributed by atoms with E-state index in [2.05, 4.69) is 0 Å². The largest absolute Gasteiger partial charge is 0.493 e. The van der Waals surface area contributed by atoms with Crippen molar-refractivity contribution in [2.75, 3.05) is 33.3 Å². The molecule has 0 unspecified atom stereocenters. The summed E-state index contributed by atoms with van der Waals surface area (Å²) < 4.78 is 11.3. The van der Waals surface area contributed by atoms with Crippen LogP contribution < -0.4 is 9.47 Å². The summed E-state index contributed by atoms with van der Waals surface area (Å²) in [7, 11) is 1.57. The Labute approximate surface area is 177 Å². The minimum absolute atomic E-state index is 0.0429. The lowest BCUT2D eigenvalue weighted by Crippen LogP contribution is -2.52. The average Bonchev–Trinajstić information content (AvgIpc) is 2.76. The van der Waals surface area contributed by atoms with E-state index in [4.69, 9.17) is 9.47 Å². The van der Waals surface area contributed by atoms with E-state index in [1.54, 1.807) is 25.3 Å². The van der Waals surface area contributed by atoms with Crippen molar-refractivity contribution >= 4 is 11.8 Å². The predicted molar refractivity (Wildman–Crippen MR) is 114 cm³/mol. The Morgan fingerprint density at radius 3 is 2.27 bits per heavy atom. The molecule has 0 bridgehead atoms. The fourth-order valence-corrected chi connectivity index (χ4v) is 3.88. The second-order valence-electron chi connectivity index (χ2n) is 7.89. The molecule has 6 nitrogen and oxygen atoms in total. The molecule has 158 valence electrons. The highest BCUT2D eigenvalue weighted by atomic mass is 16.5. The van der Waals surface area contributed by atoms with Crippen LogP contribution in [-0.4, -0.2) is 54.9 Å². The zero-order valence-corrected chi connectivity index (χ0v) is 17.4. The maximum absolute atomic E-state index is 13.0. The minimum Gasteiger partial charge on any atom is -0.493 e. The number of rotatable bonds is 6. The van der Waals surface area contributed by atoms with Crippen LogP contribution in [0.3, 0.4) is 0 Å². The van der Waals surface area contributed by atoms with Crippen molar-refractivity contribution in [1.29, 1.82) is 0 Å². The molecular formula is C24H28N2O4. The maximum atomic E-state index is 13.0. The number of methoxy groups -OCH3 is 1. The number of benzene rings is 2. The van der Waals surface area contributed by atoms with E-state index in [1.165, 1.54) is 0 Å². The molecule has 0 aromatic heterocycles. The van der Waals surface area contributed by atoms with E-state index < -0.39 is 0 Å². The van der Waals surface area contributed by atoms with Crippen LogP contribution in [0.4, 0.5) is 0 Å². The fourth-order valence-electron chi connectivity index (χ4n) is 3.88. The van der Waals surface area contributed by atoms with E-state index in [9.17, 15) is 9.59 Å². The summed E-state index contributed by atoms with van der Waals surface area (Å²) in [4.78, 5) is 29.1. The normalized spacial score (nSPS) is 16.7. The number of amides is 2. The van der Waals surface area contributed by atoms with Crippen LogP contribution in [-0.2, 0) is 11.4 Å². The molecule has 4 rings (SSSR count). The summed E-state index contributed by atoms with van der Waals surface area (Å²) in [5.74, 6) is 1.57. The number of carbonyl (C=O) groups is 2. The first-order valence-electron chi connectivity index (χ1n) is 10.6. The Hall–Kier alpha value is -3.02. The van der Waals surface area contributed by atoms with Crippen molar-refractivity contribution in [3.8, 4) is 11.5 Å². The highest BCUT2D eigenvalue weighted by molar-refractivity contribution is 5.95. The second-order valence-corrected chi connectivity index (χ2v) is 7.89. The zero-order valence-electron chi connectivity index (χ0n) is 17.4. The van der Waals surface area contributed by atoms with Crippen LogP contribution in [0.1, 0.15) is 35.2 Å². The molecule has 30 heavy (non-hydrogen) atoms. The zero-order chi connectivity index (χ0) is 20.9. The van der Waals surface area contributed by atoms with E-state index in [0.29, 0.717) is 49.8 Å². The molecule has 0 radical (unpaired) electrons. The van der Waals surface area contributed by atoms with Crippen molar-refractivity contribution in [3.05, 3.63) is 59.7 Å². The Morgan fingerprint density at radius 1 is 0.933 bits per heavy atom. The van der Waals surface area contributed by atoms with Crippen LogP contribution in [0.2, 0.25) is 0 Å². The Bertz CT molecular complexity index is 887. The van der Waals surface area contributed by atoms with E-state index in [1.807, 2.05) is 40.1 Å². The molecule has 2 aromatic rings. The van der Waals surface area contributed by atoms with Crippen molar-refractivity contribution in [2.45, 2.75) is 25.9 Å². The average molecular weight is 408 g/mol. The van der Waals surface area contributed by atoms with Gasteiger partial charge in [0.1, 0.15) is 6.61 Å². The summed E-state index contributed by atoms with van der Waals surface area (Å²) in [6.07, 6.45) is 3.18. The maximum Gasteiger partial charge on any atom is 0.254 e. The quantitative estimate of drug-likeness (QED) is 0.736. The van der Waals surface area contributed by atoms with Gasteiger partial charge in [-0.1, -0.05) is 36.8 Å². The Balaban J connectivity index is 1.36. The lowest BCUT2D eigenvalue weighted by atomic mass is 9.84. The third-order valence-corrected chi connectivity index (χ3v) is 5.98. The molecule has 2 amide bonds. The molecule has 0 N–H and O–H groups in total. The van der Waals surface area contributed by atoms with Crippen molar-refractivity contribution in [3.63, 3.8) is 0 Å². The molecule has 2 aliphatic rings. The lowest BCUT2D eigenvalue weighted by molar-refractivity contribution is -0.139. The smallest absolute Gasteiger partial charge is 0.254 e. The Kier molecular flexibility index (Phi) is 6.21. The molecule has 2 fully saturated rings. The topological polar surface area (TPSA) is 59.1 Å². The van der Waals surface area contributed by atoms with Gasteiger partial charge < -0.3 is 19.3 Å². The van der Waals surface area contributed by atoms with Crippen LogP contribution >= 0.6 is 0 Å². The van der Waals surface area contributed by atoms with Gasteiger partial charge >= 0.3 is 0 Å². The third kappa shape index (κ3) is 4.42. The van der Waals surface area contributed by atoms with E-state index in [0.717, 1.165) is 24.8 Å². The highest BCUT2D eigenvalue weighted by Gasteiger charge is 2.32. The lowest BCUT2D eigenvalue weighted by Gasteiger charge is -2.38. The summed E-state index contributed by atoms with van der Waals surface area (Å²) in [6.45, 7) is 2.77. The first-order valence-corrected chi connectivity index (χ1v) is 10.6. The first kappa shape index (κ1) is 20.3. The molecule has 1 heterocycles. The molecule has 2 aromatic carbocycles. The number of hydrogen-bond donors (Lipinski definition) is 0. The van der Waals surface area contributed by atoms with Crippen LogP contribution in [0, 0.1) is 5.92 Å². The number of piperazine rings is 1. The second kappa shape index (κ2) is 9.20. The number of nitrogens with zero attached hydrogens (tertiary/aromatic N) is 2. The van der Waals surface area contributed by atoms with Gasteiger partial charge in [-0.05, 0) is 36.6 Å². The molecule has 1 saturated carbocycles. The number of hydrogen-bond acceptors (Lipinski definition) is 4. The van der Waals surface area contributed by atoms with Gasteiger partial charge in [0.15, 0.2) is 11.5 Å². The molecule has 0 spiro atoms. The number of carbonyl (C=O) groups excluding carboxylic acids is 2. The van der Waals surface area contributed by atoms with Crippen LogP contribution in [0.25, 0.3) is 0 Å². The molecule has 1 saturated heterocycles. The van der Waals surface area contributed by atoms with Gasteiger partial charge in [0.25, 0.3) is 5.91 Å². The van der Waals surface area contributed by atoms with Gasteiger partial charge in [-0.3, -0.25) is 9.59 Å². The van der Waals surface area contributed by atoms with Crippen LogP contribution in [0.5, 0.6) is 11.5 Å². The Morgan fingerprint density at radius 2 is 1.63 bits per heavy atom. The van der Waals surface area contributed by atoms with Gasteiger partial charge in [-0.25, -0.2) is 0 Å². The monoisotopic (exact) mass is 408 g/mol. The van der Waals surface area contributed by atoms with Crippen molar-refractivity contribution in [1.82, 2.24) is 9.80 Å².